The van der Waals surface area contributed by atoms with Gasteiger partial charge in [0, 0.05) is 5.56 Å². The number of hydrogen-bond donors (Lipinski definition) is 1. The van der Waals surface area contributed by atoms with Crippen molar-refractivity contribution in [3.63, 3.8) is 0 Å². The number of benzene rings is 2. The van der Waals surface area contributed by atoms with E-state index in [0.29, 0.717) is 27.2 Å². The fourth-order valence-electron chi connectivity index (χ4n) is 2.57. The van der Waals surface area contributed by atoms with Gasteiger partial charge in [0.1, 0.15) is 11.6 Å². The van der Waals surface area contributed by atoms with Crippen LogP contribution in [-0.4, -0.2) is 32.3 Å². The fraction of sp³-hybridized carbons (Fsp3) is 0.158. The lowest BCUT2D eigenvalue weighted by atomic mass is 10.2. The standard InChI is InChI=1S/C19H16FN5O2S/c1-2-12-3-9-15(10-4-12)27-11-16(26)21-18-24-25-17(22-23-19(25)28-18)13-5-7-14(20)8-6-13/h3-10H,2,11H2,1H3,(H,21,24,26). The first kappa shape index (κ1) is 18.1. The van der Waals surface area contributed by atoms with Crippen molar-refractivity contribution in [3.05, 3.63) is 59.9 Å². The summed E-state index contributed by atoms with van der Waals surface area (Å²) in [5, 5.41) is 15.5. The molecule has 0 atom stereocenters. The van der Waals surface area contributed by atoms with Gasteiger partial charge in [0.05, 0.1) is 0 Å². The summed E-state index contributed by atoms with van der Waals surface area (Å²) in [5.74, 6) is 0.441. The van der Waals surface area contributed by atoms with Crippen LogP contribution < -0.4 is 10.1 Å². The molecule has 0 aliphatic rings. The van der Waals surface area contributed by atoms with Crippen molar-refractivity contribution in [1.29, 1.82) is 0 Å². The van der Waals surface area contributed by atoms with E-state index in [1.807, 2.05) is 24.3 Å². The van der Waals surface area contributed by atoms with Gasteiger partial charge in [-0.05, 0) is 48.4 Å². The molecule has 7 nitrogen and oxygen atoms in total. The lowest BCUT2D eigenvalue weighted by Gasteiger charge is -2.06. The molecule has 1 amide bonds. The SMILES string of the molecule is CCc1ccc(OCC(=O)Nc2nn3c(-c4ccc(F)cc4)nnc3s2)cc1. The zero-order valence-corrected chi connectivity index (χ0v) is 15.7. The molecule has 0 saturated carbocycles. The van der Waals surface area contributed by atoms with Crippen molar-refractivity contribution >= 4 is 27.3 Å². The van der Waals surface area contributed by atoms with Crippen LogP contribution in [0.3, 0.4) is 0 Å². The van der Waals surface area contributed by atoms with Gasteiger partial charge >= 0.3 is 0 Å². The molecule has 0 unspecified atom stereocenters. The van der Waals surface area contributed by atoms with Crippen LogP contribution in [0.15, 0.2) is 48.5 Å². The number of nitrogens with zero attached hydrogens (tertiary/aromatic N) is 4. The summed E-state index contributed by atoms with van der Waals surface area (Å²) in [7, 11) is 0. The van der Waals surface area contributed by atoms with E-state index in [2.05, 4.69) is 27.5 Å². The van der Waals surface area contributed by atoms with Gasteiger partial charge in [-0.15, -0.1) is 15.3 Å². The van der Waals surface area contributed by atoms with Gasteiger partial charge < -0.3 is 4.74 Å². The molecule has 0 spiro atoms. The highest BCUT2D eigenvalue weighted by Crippen LogP contribution is 2.24. The Morgan fingerprint density at radius 1 is 1.14 bits per heavy atom. The minimum Gasteiger partial charge on any atom is -0.484 e. The van der Waals surface area contributed by atoms with Crippen LogP contribution in [0.2, 0.25) is 0 Å². The Balaban J connectivity index is 1.43. The molecule has 0 fully saturated rings. The van der Waals surface area contributed by atoms with Gasteiger partial charge in [0.25, 0.3) is 5.91 Å². The number of rotatable bonds is 6. The summed E-state index contributed by atoms with van der Waals surface area (Å²) in [6.45, 7) is 1.95. The summed E-state index contributed by atoms with van der Waals surface area (Å²) < 4.78 is 20.1. The zero-order chi connectivity index (χ0) is 19.5. The number of aryl methyl sites for hydroxylation is 1. The van der Waals surface area contributed by atoms with Crippen LogP contribution in [0.5, 0.6) is 5.75 Å². The number of hydrogen-bond acceptors (Lipinski definition) is 6. The maximum absolute atomic E-state index is 13.1. The zero-order valence-electron chi connectivity index (χ0n) is 14.9. The predicted molar refractivity (Wildman–Crippen MR) is 104 cm³/mol. The maximum atomic E-state index is 13.1. The summed E-state index contributed by atoms with van der Waals surface area (Å²) in [6, 6.07) is 13.5. The van der Waals surface area contributed by atoms with Crippen LogP contribution in [0.4, 0.5) is 9.52 Å². The third-order valence-corrected chi connectivity index (χ3v) is 4.86. The monoisotopic (exact) mass is 397 g/mol. The summed E-state index contributed by atoms with van der Waals surface area (Å²) in [4.78, 5) is 12.7. The summed E-state index contributed by atoms with van der Waals surface area (Å²) in [6.07, 6.45) is 0.946. The van der Waals surface area contributed by atoms with E-state index in [4.69, 9.17) is 4.74 Å². The second kappa shape index (κ2) is 7.73. The fourth-order valence-corrected chi connectivity index (χ4v) is 3.33. The van der Waals surface area contributed by atoms with E-state index >= 15 is 0 Å². The first-order valence-electron chi connectivity index (χ1n) is 8.62. The highest BCUT2D eigenvalue weighted by molar-refractivity contribution is 7.20. The number of halogens is 1. The van der Waals surface area contributed by atoms with Gasteiger partial charge in [-0.25, -0.2) is 4.39 Å². The molecule has 4 rings (SSSR count). The van der Waals surface area contributed by atoms with E-state index in [9.17, 15) is 9.18 Å². The first-order chi connectivity index (χ1) is 13.6. The van der Waals surface area contributed by atoms with E-state index in [0.717, 1.165) is 6.42 Å². The quantitative estimate of drug-likeness (QED) is 0.538. The number of aromatic nitrogens is 4. The Morgan fingerprint density at radius 3 is 2.61 bits per heavy atom. The molecular weight excluding hydrogens is 381 g/mol. The largest absolute Gasteiger partial charge is 0.484 e. The van der Waals surface area contributed by atoms with Crippen molar-refractivity contribution in [1.82, 2.24) is 19.8 Å². The summed E-state index contributed by atoms with van der Waals surface area (Å²) in [5.41, 5.74) is 1.88. The normalized spacial score (nSPS) is 10.9. The maximum Gasteiger partial charge on any atom is 0.264 e. The molecule has 0 aliphatic carbocycles. The van der Waals surface area contributed by atoms with Gasteiger partial charge in [-0.2, -0.15) is 4.52 Å². The molecule has 1 N–H and O–H groups in total. The van der Waals surface area contributed by atoms with Crippen LogP contribution in [0.25, 0.3) is 16.3 Å². The molecule has 0 saturated heterocycles. The molecule has 4 aromatic rings. The summed E-state index contributed by atoms with van der Waals surface area (Å²) >= 11 is 1.19. The highest BCUT2D eigenvalue weighted by Gasteiger charge is 2.15. The van der Waals surface area contributed by atoms with Crippen LogP contribution >= 0.6 is 11.3 Å². The first-order valence-corrected chi connectivity index (χ1v) is 9.44. The number of carbonyl (C=O) groups excluding carboxylic acids is 1. The van der Waals surface area contributed by atoms with Crippen molar-refractivity contribution in [2.75, 3.05) is 11.9 Å². The molecule has 0 radical (unpaired) electrons. The molecule has 0 bridgehead atoms. The van der Waals surface area contributed by atoms with E-state index in [-0.39, 0.29) is 18.3 Å². The van der Waals surface area contributed by atoms with E-state index < -0.39 is 0 Å². The third-order valence-electron chi connectivity index (χ3n) is 4.04. The van der Waals surface area contributed by atoms with Crippen molar-refractivity contribution < 1.29 is 13.9 Å². The second-order valence-corrected chi connectivity index (χ2v) is 6.92. The van der Waals surface area contributed by atoms with E-state index in [1.165, 1.54) is 33.5 Å². The number of nitrogens with one attached hydrogen (secondary N) is 1. The predicted octanol–water partition coefficient (Wildman–Crippen LogP) is 3.57. The van der Waals surface area contributed by atoms with Crippen molar-refractivity contribution in [3.8, 4) is 17.1 Å². The van der Waals surface area contributed by atoms with Crippen molar-refractivity contribution in [2.45, 2.75) is 13.3 Å². The second-order valence-electron chi connectivity index (χ2n) is 5.97. The molecule has 2 heterocycles. The highest BCUT2D eigenvalue weighted by atomic mass is 32.1. The number of carbonyl (C=O) groups is 1. The molecule has 9 heteroatoms. The van der Waals surface area contributed by atoms with Gasteiger partial charge in [0.15, 0.2) is 12.4 Å². The third kappa shape index (κ3) is 3.84. The minimum absolute atomic E-state index is 0.129. The van der Waals surface area contributed by atoms with Gasteiger partial charge in [-0.3, -0.25) is 10.1 Å². The average Bonchev–Trinajstić information content (AvgIpc) is 3.28. The topological polar surface area (TPSA) is 81.4 Å². The smallest absolute Gasteiger partial charge is 0.264 e. The van der Waals surface area contributed by atoms with Gasteiger partial charge in [0.2, 0.25) is 10.1 Å². The Hall–Kier alpha value is -3.33. The molecule has 28 heavy (non-hydrogen) atoms. The Bertz CT molecular complexity index is 1110. The molecule has 2 aromatic heterocycles. The van der Waals surface area contributed by atoms with Crippen LogP contribution in [-0.2, 0) is 11.2 Å². The van der Waals surface area contributed by atoms with E-state index in [1.54, 1.807) is 12.1 Å². The Morgan fingerprint density at radius 2 is 1.89 bits per heavy atom. The molecule has 2 aromatic carbocycles. The lowest BCUT2D eigenvalue weighted by molar-refractivity contribution is -0.118. The molecule has 0 aliphatic heterocycles. The number of amides is 1. The van der Waals surface area contributed by atoms with Crippen molar-refractivity contribution in [2.24, 2.45) is 0 Å². The number of ether oxygens (including phenoxy) is 1. The average molecular weight is 397 g/mol. The Labute approximate surface area is 163 Å². The van der Waals surface area contributed by atoms with Crippen LogP contribution in [0, 0.1) is 5.82 Å². The molecule has 142 valence electrons. The van der Waals surface area contributed by atoms with Crippen LogP contribution in [0.1, 0.15) is 12.5 Å². The molecular formula is C19H16FN5O2S. The van der Waals surface area contributed by atoms with Gasteiger partial charge in [-0.1, -0.05) is 30.4 Å². The lowest BCUT2D eigenvalue weighted by Crippen LogP contribution is -2.20. The minimum atomic E-state index is -0.333. The number of fused-ring (bicyclic) bond motifs is 1. The Kier molecular flexibility index (Phi) is 4.98. The number of anilines is 1.